The predicted octanol–water partition coefficient (Wildman–Crippen LogP) is 6.71. The lowest BCUT2D eigenvalue weighted by Crippen LogP contribution is -2.41. The van der Waals surface area contributed by atoms with E-state index in [4.69, 9.17) is 13.7 Å². The summed E-state index contributed by atoms with van der Waals surface area (Å²) in [5, 5.41) is 4.57. The molecule has 158 valence electrons. The van der Waals surface area contributed by atoms with E-state index in [0.29, 0.717) is 0 Å². The van der Waals surface area contributed by atoms with Crippen molar-refractivity contribution in [1.82, 2.24) is 0 Å². The average molecular weight is 420 g/mol. The Hall–Kier alpha value is -3.08. The fourth-order valence-electron chi connectivity index (χ4n) is 4.61. The van der Waals surface area contributed by atoms with Crippen molar-refractivity contribution in [2.45, 2.75) is 38.9 Å². The Morgan fingerprint density at radius 1 is 0.656 bits per heavy atom. The zero-order valence-corrected chi connectivity index (χ0v) is 18.8. The SMILES string of the molecule is CC1(C)OB(c2ccc3oc4c(-c5ccccc5)c5ccccc5cc4c3c2)OC1(C)C. The monoisotopic (exact) mass is 420 g/mol. The summed E-state index contributed by atoms with van der Waals surface area (Å²) in [6, 6.07) is 27.5. The van der Waals surface area contributed by atoms with Crippen LogP contribution in [0.4, 0.5) is 0 Å². The van der Waals surface area contributed by atoms with Crippen LogP contribution in [0.2, 0.25) is 0 Å². The van der Waals surface area contributed by atoms with E-state index in [1.807, 2.05) is 12.1 Å². The van der Waals surface area contributed by atoms with Crippen LogP contribution in [0.1, 0.15) is 27.7 Å². The molecular formula is C28H25BO3. The van der Waals surface area contributed by atoms with Crippen molar-refractivity contribution >= 4 is 45.3 Å². The molecule has 0 aliphatic carbocycles. The van der Waals surface area contributed by atoms with E-state index >= 15 is 0 Å². The fraction of sp³-hybridized carbons (Fsp3) is 0.214. The number of hydrogen-bond donors (Lipinski definition) is 0. The summed E-state index contributed by atoms with van der Waals surface area (Å²) >= 11 is 0. The molecule has 32 heavy (non-hydrogen) atoms. The van der Waals surface area contributed by atoms with Crippen LogP contribution >= 0.6 is 0 Å². The molecule has 1 aromatic heterocycles. The van der Waals surface area contributed by atoms with Gasteiger partial charge in [-0.05, 0) is 61.6 Å². The molecule has 1 aliphatic heterocycles. The Kier molecular flexibility index (Phi) is 4.11. The standard InChI is InChI=1S/C28H25BO3/c1-27(2)28(3,4)32-29(31-27)20-14-15-24-22(17-20)23-16-19-12-8-9-13-21(19)25(26(23)30-24)18-10-6-5-7-11-18/h5-17H,1-4H3. The van der Waals surface area contributed by atoms with E-state index in [2.05, 4.69) is 94.4 Å². The Morgan fingerprint density at radius 2 is 1.34 bits per heavy atom. The highest BCUT2D eigenvalue weighted by atomic mass is 16.7. The van der Waals surface area contributed by atoms with Gasteiger partial charge in [0, 0.05) is 16.3 Å². The summed E-state index contributed by atoms with van der Waals surface area (Å²) in [4.78, 5) is 0. The van der Waals surface area contributed by atoms with Gasteiger partial charge >= 0.3 is 7.12 Å². The molecule has 3 nitrogen and oxygen atoms in total. The molecule has 1 aliphatic rings. The van der Waals surface area contributed by atoms with Crippen LogP contribution < -0.4 is 5.46 Å². The van der Waals surface area contributed by atoms with Gasteiger partial charge < -0.3 is 13.7 Å². The highest BCUT2D eigenvalue weighted by Gasteiger charge is 2.51. The van der Waals surface area contributed by atoms with Gasteiger partial charge in [0.25, 0.3) is 0 Å². The van der Waals surface area contributed by atoms with Crippen molar-refractivity contribution in [2.24, 2.45) is 0 Å². The second-order valence-corrected chi connectivity index (χ2v) is 9.66. The van der Waals surface area contributed by atoms with Crippen LogP contribution in [-0.2, 0) is 9.31 Å². The number of fused-ring (bicyclic) bond motifs is 4. The molecule has 0 saturated carbocycles. The summed E-state index contributed by atoms with van der Waals surface area (Å²) in [5.74, 6) is 0. The zero-order valence-electron chi connectivity index (χ0n) is 18.8. The number of rotatable bonds is 2. The minimum atomic E-state index is -0.400. The Bertz CT molecular complexity index is 1460. The molecule has 0 unspecified atom stereocenters. The summed E-state index contributed by atoms with van der Waals surface area (Å²) in [7, 11) is -0.400. The van der Waals surface area contributed by atoms with Crippen molar-refractivity contribution < 1.29 is 13.7 Å². The number of furan rings is 1. The summed E-state index contributed by atoms with van der Waals surface area (Å²) in [5.41, 5.74) is 4.33. The van der Waals surface area contributed by atoms with Gasteiger partial charge in [-0.1, -0.05) is 66.7 Å². The van der Waals surface area contributed by atoms with Gasteiger partial charge in [0.1, 0.15) is 11.2 Å². The molecule has 6 rings (SSSR count). The van der Waals surface area contributed by atoms with Gasteiger partial charge in [0.2, 0.25) is 0 Å². The Morgan fingerprint density at radius 3 is 2.09 bits per heavy atom. The second-order valence-electron chi connectivity index (χ2n) is 9.66. The Balaban J connectivity index is 1.61. The average Bonchev–Trinajstić information content (AvgIpc) is 3.24. The van der Waals surface area contributed by atoms with Gasteiger partial charge in [-0.3, -0.25) is 0 Å². The highest BCUT2D eigenvalue weighted by Crippen LogP contribution is 2.41. The van der Waals surface area contributed by atoms with Gasteiger partial charge in [0.05, 0.1) is 11.2 Å². The first-order valence-corrected chi connectivity index (χ1v) is 11.1. The second kappa shape index (κ2) is 6.71. The molecule has 0 N–H and O–H groups in total. The number of benzene rings is 4. The maximum absolute atomic E-state index is 6.46. The van der Waals surface area contributed by atoms with Crippen molar-refractivity contribution in [2.75, 3.05) is 0 Å². The van der Waals surface area contributed by atoms with Crippen molar-refractivity contribution in [3.05, 3.63) is 78.9 Å². The lowest BCUT2D eigenvalue weighted by atomic mass is 9.78. The summed E-state index contributed by atoms with van der Waals surface area (Å²) in [6.07, 6.45) is 0. The third-order valence-electron chi connectivity index (χ3n) is 7.10. The van der Waals surface area contributed by atoms with Crippen molar-refractivity contribution in [1.29, 1.82) is 0 Å². The summed E-state index contributed by atoms with van der Waals surface area (Å²) < 4.78 is 19.1. The van der Waals surface area contributed by atoms with Crippen LogP contribution in [0.25, 0.3) is 43.8 Å². The van der Waals surface area contributed by atoms with E-state index in [1.54, 1.807) is 0 Å². The van der Waals surface area contributed by atoms with E-state index in [0.717, 1.165) is 38.5 Å². The van der Waals surface area contributed by atoms with Crippen LogP contribution in [-0.4, -0.2) is 18.3 Å². The molecule has 0 spiro atoms. The molecule has 1 saturated heterocycles. The lowest BCUT2D eigenvalue weighted by molar-refractivity contribution is 0.00578. The van der Waals surface area contributed by atoms with Crippen LogP contribution in [0.3, 0.4) is 0 Å². The first-order chi connectivity index (χ1) is 15.3. The van der Waals surface area contributed by atoms with E-state index in [1.165, 1.54) is 10.8 Å². The van der Waals surface area contributed by atoms with Crippen molar-refractivity contribution in [3.8, 4) is 11.1 Å². The molecule has 0 atom stereocenters. The first kappa shape index (κ1) is 19.6. The topological polar surface area (TPSA) is 31.6 Å². The molecule has 4 heteroatoms. The zero-order chi connectivity index (χ0) is 22.1. The van der Waals surface area contributed by atoms with Gasteiger partial charge in [-0.25, -0.2) is 0 Å². The highest BCUT2D eigenvalue weighted by molar-refractivity contribution is 6.62. The van der Waals surface area contributed by atoms with Crippen LogP contribution in [0, 0.1) is 0 Å². The molecule has 0 bridgehead atoms. The largest absolute Gasteiger partial charge is 0.494 e. The fourth-order valence-corrected chi connectivity index (χ4v) is 4.61. The molecule has 2 heterocycles. The quantitative estimate of drug-likeness (QED) is 0.298. The van der Waals surface area contributed by atoms with E-state index < -0.39 is 7.12 Å². The minimum Gasteiger partial charge on any atom is -0.455 e. The molecule has 0 radical (unpaired) electrons. The maximum atomic E-state index is 6.46. The predicted molar refractivity (Wildman–Crippen MR) is 132 cm³/mol. The molecule has 0 amide bonds. The van der Waals surface area contributed by atoms with Crippen LogP contribution in [0.5, 0.6) is 0 Å². The van der Waals surface area contributed by atoms with E-state index in [-0.39, 0.29) is 11.2 Å². The van der Waals surface area contributed by atoms with Crippen LogP contribution in [0.15, 0.2) is 83.3 Å². The summed E-state index contributed by atoms with van der Waals surface area (Å²) in [6.45, 7) is 8.32. The maximum Gasteiger partial charge on any atom is 0.494 e. The van der Waals surface area contributed by atoms with Crippen molar-refractivity contribution in [3.63, 3.8) is 0 Å². The minimum absolute atomic E-state index is 0.373. The smallest absolute Gasteiger partial charge is 0.455 e. The molecule has 1 fully saturated rings. The Labute approximate surface area is 188 Å². The molecule has 4 aromatic carbocycles. The van der Waals surface area contributed by atoms with E-state index in [9.17, 15) is 0 Å². The van der Waals surface area contributed by atoms with Gasteiger partial charge in [-0.15, -0.1) is 0 Å². The first-order valence-electron chi connectivity index (χ1n) is 11.1. The normalized spacial score (nSPS) is 17.6. The number of hydrogen-bond acceptors (Lipinski definition) is 3. The molecule has 5 aromatic rings. The third-order valence-corrected chi connectivity index (χ3v) is 7.10. The lowest BCUT2D eigenvalue weighted by Gasteiger charge is -2.32. The van der Waals surface area contributed by atoms with Gasteiger partial charge in [0.15, 0.2) is 0 Å². The molecular weight excluding hydrogens is 395 g/mol. The third kappa shape index (κ3) is 2.83. The van der Waals surface area contributed by atoms with Gasteiger partial charge in [-0.2, -0.15) is 0 Å².